The van der Waals surface area contributed by atoms with E-state index in [1.807, 2.05) is 72.9 Å². The number of fused-ring (bicyclic) bond motifs is 4. The van der Waals surface area contributed by atoms with Gasteiger partial charge in [0.15, 0.2) is 10.9 Å². The molecular weight excluding hydrogens is 492 g/mol. The molecular formula is C31H22N4O2S. The summed E-state index contributed by atoms with van der Waals surface area (Å²) < 4.78 is 7.90. The van der Waals surface area contributed by atoms with Gasteiger partial charge in [-0.05, 0) is 48.7 Å². The number of benzene rings is 3. The van der Waals surface area contributed by atoms with Gasteiger partial charge in [-0.2, -0.15) is 5.10 Å². The predicted octanol–water partition coefficient (Wildman–Crippen LogP) is 7.16. The number of anilines is 1. The van der Waals surface area contributed by atoms with Crippen LogP contribution in [0.4, 0.5) is 5.13 Å². The number of aryl methyl sites for hydroxylation is 2. The molecule has 38 heavy (non-hydrogen) atoms. The number of furan rings is 1. The fourth-order valence-corrected chi connectivity index (χ4v) is 5.81. The van der Waals surface area contributed by atoms with Gasteiger partial charge in [-0.15, -0.1) is 11.3 Å². The predicted molar refractivity (Wildman–Crippen MR) is 151 cm³/mol. The summed E-state index contributed by atoms with van der Waals surface area (Å²) in [5.41, 5.74) is 6.58. The number of thiazole rings is 1. The Labute approximate surface area is 222 Å². The summed E-state index contributed by atoms with van der Waals surface area (Å²) in [7, 11) is 0. The molecule has 0 aliphatic heterocycles. The van der Waals surface area contributed by atoms with Crippen molar-refractivity contribution in [2.75, 3.05) is 5.32 Å². The molecule has 0 atom stereocenters. The highest BCUT2D eigenvalue weighted by molar-refractivity contribution is 7.16. The first kappa shape index (κ1) is 22.4. The summed E-state index contributed by atoms with van der Waals surface area (Å²) in [5.74, 6) is 0.402. The maximum atomic E-state index is 12.9. The second-order valence-corrected chi connectivity index (χ2v) is 10.2. The lowest BCUT2D eigenvalue weighted by molar-refractivity contribution is -0.111. The molecule has 1 aliphatic carbocycles. The Kier molecular flexibility index (Phi) is 5.48. The van der Waals surface area contributed by atoms with Gasteiger partial charge in [-0.1, -0.05) is 60.7 Å². The van der Waals surface area contributed by atoms with E-state index in [4.69, 9.17) is 14.5 Å². The van der Waals surface area contributed by atoms with Crippen LogP contribution in [0.3, 0.4) is 0 Å². The number of carbonyl (C=O) groups excluding carboxylic acids is 1. The van der Waals surface area contributed by atoms with Crippen LogP contribution in [0.2, 0.25) is 0 Å². The van der Waals surface area contributed by atoms with Gasteiger partial charge in [0, 0.05) is 33.7 Å². The third kappa shape index (κ3) is 4.13. The van der Waals surface area contributed by atoms with Crippen LogP contribution in [0, 0.1) is 0 Å². The molecule has 7 rings (SSSR count). The second kappa shape index (κ2) is 9.28. The molecule has 0 fully saturated rings. The van der Waals surface area contributed by atoms with Crippen LogP contribution in [0.5, 0.6) is 0 Å². The van der Waals surface area contributed by atoms with Gasteiger partial charge in [0.2, 0.25) is 5.91 Å². The summed E-state index contributed by atoms with van der Waals surface area (Å²) in [4.78, 5) is 18.9. The van der Waals surface area contributed by atoms with E-state index in [0.717, 1.165) is 46.3 Å². The van der Waals surface area contributed by atoms with Gasteiger partial charge in [-0.25, -0.2) is 9.67 Å². The monoisotopic (exact) mass is 514 g/mol. The van der Waals surface area contributed by atoms with Crippen LogP contribution < -0.4 is 5.32 Å². The molecule has 3 aromatic heterocycles. The Morgan fingerprint density at radius 1 is 0.947 bits per heavy atom. The van der Waals surface area contributed by atoms with Crippen LogP contribution in [-0.4, -0.2) is 20.7 Å². The highest BCUT2D eigenvalue weighted by Crippen LogP contribution is 2.38. The Morgan fingerprint density at radius 2 is 1.76 bits per heavy atom. The molecule has 3 heterocycles. The largest absolute Gasteiger partial charge is 0.454 e. The third-order valence-electron chi connectivity index (χ3n) is 6.66. The fraction of sp³-hybridized carbons (Fsp3) is 0.0645. The zero-order chi connectivity index (χ0) is 25.5. The van der Waals surface area contributed by atoms with E-state index in [0.29, 0.717) is 16.6 Å². The van der Waals surface area contributed by atoms with Crippen LogP contribution in [0.25, 0.3) is 45.4 Å². The number of rotatable bonds is 5. The lowest BCUT2D eigenvalue weighted by atomic mass is 9.94. The second-order valence-electron chi connectivity index (χ2n) is 9.13. The summed E-state index contributed by atoms with van der Waals surface area (Å²) in [6.07, 6.45) is 7.13. The highest BCUT2D eigenvalue weighted by Gasteiger charge is 2.21. The average molecular weight is 515 g/mol. The van der Waals surface area contributed by atoms with Crippen molar-refractivity contribution in [2.24, 2.45) is 0 Å². The zero-order valence-electron chi connectivity index (χ0n) is 20.3. The quantitative estimate of drug-likeness (QED) is 0.248. The van der Waals surface area contributed by atoms with Crippen molar-refractivity contribution < 1.29 is 9.21 Å². The molecule has 0 bridgehead atoms. The maximum absolute atomic E-state index is 12.9. The minimum atomic E-state index is -0.243. The normalized spacial score (nSPS) is 12.5. The van der Waals surface area contributed by atoms with Crippen molar-refractivity contribution in [1.82, 2.24) is 14.8 Å². The zero-order valence-corrected chi connectivity index (χ0v) is 21.1. The van der Waals surface area contributed by atoms with Crippen molar-refractivity contribution in [3.05, 3.63) is 113 Å². The van der Waals surface area contributed by atoms with Gasteiger partial charge in [0.05, 0.1) is 11.4 Å². The number of hydrogen-bond donors (Lipinski definition) is 1. The van der Waals surface area contributed by atoms with Crippen molar-refractivity contribution in [2.45, 2.75) is 12.8 Å². The van der Waals surface area contributed by atoms with Crippen molar-refractivity contribution in [3.63, 3.8) is 0 Å². The van der Waals surface area contributed by atoms with Crippen molar-refractivity contribution >= 4 is 39.4 Å². The Morgan fingerprint density at radius 3 is 2.66 bits per heavy atom. The molecule has 7 heteroatoms. The van der Waals surface area contributed by atoms with E-state index in [9.17, 15) is 4.79 Å². The van der Waals surface area contributed by atoms with Crippen molar-refractivity contribution in [3.8, 4) is 28.4 Å². The smallest absolute Gasteiger partial charge is 0.250 e. The summed E-state index contributed by atoms with van der Waals surface area (Å²) in [6.45, 7) is 0. The van der Waals surface area contributed by atoms with E-state index in [-0.39, 0.29) is 5.91 Å². The van der Waals surface area contributed by atoms with Crippen LogP contribution in [0.1, 0.15) is 16.0 Å². The molecule has 0 spiro atoms. The molecule has 6 nitrogen and oxygen atoms in total. The maximum Gasteiger partial charge on any atom is 0.250 e. The minimum Gasteiger partial charge on any atom is -0.454 e. The van der Waals surface area contributed by atoms with Gasteiger partial charge in [0.1, 0.15) is 11.3 Å². The summed E-state index contributed by atoms with van der Waals surface area (Å²) in [6, 6.07) is 28.0. The first-order valence-electron chi connectivity index (χ1n) is 12.4. The number of amides is 1. The van der Waals surface area contributed by atoms with E-state index in [1.165, 1.54) is 16.5 Å². The summed E-state index contributed by atoms with van der Waals surface area (Å²) >= 11 is 1.54. The van der Waals surface area contributed by atoms with Gasteiger partial charge >= 0.3 is 0 Å². The fourth-order valence-electron chi connectivity index (χ4n) is 4.83. The highest BCUT2D eigenvalue weighted by atomic mass is 32.1. The third-order valence-corrected chi connectivity index (χ3v) is 7.69. The van der Waals surface area contributed by atoms with Crippen LogP contribution >= 0.6 is 11.3 Å². The van der Waals surface area contributed by atoms with E-state index >= 15 is 0 Å². The molecule has 0 saturated carbocycles. The molecule has 0 radical (unpaired) electrons. The number of nitrogens with zero attached hydrogens (tertiary/aromatic N) is 3. The Bertz CT molecular complexity index is 1790. The molecule has 1 N–H and O–H groups in total. The molecule has 6 aromatic rings. The lowest BCUT2D eigenvalue weighted by Gasteiger charge is -2.13. The Balaban J connectivity index is 1.19. The Hall–Kier alpha value is -4.75. The van der Waals surface area contributed by atoms with E-state index < -0.39 is 0 Å². The van der Waals surface area contributed by atoms with E-state index in [1.54, 1.807) is 22.1 Å². The van der Waals surface area contributed by atoms with Gasteiger partial charge in [0.25, 0.3) is 0 Å². The number of aromatic nitrogens is 3. The number of carbonyl (C=O) groups is 1. The molecule has 3 aromatic carbocycles. The SMILES string of the molecule is O=C(/C=C/c1cn(-c2ccccc2)nc1-c1cc2ccccc2o1)Nc1nc2c(s1)CCc1ccccc1-2. The molecule has 0 saturated heterocycles. The topological polar surface area (TPSA) is 73.0 Å². The first-order chi connectivity index (χ1) is 18.7. The lowest BCUT2D eigenvalue weighted by Crippen LogP contribution is -2.07. The molecule has 1 aliphatic rings. The molecule has 0 unspecified atom stereocenters. The van der Waals surface area contributed by atoms with E-state index in [2.05, 4.69) is 23.5 Å². The summed E-state index contributed by atoms with van der Waals surface area (Å²) in [5, 5.41) is 9.36. The minimum absolute atomic E-state index is 0.243. The molecule has 1 amide bonds. The van der Waals surface area contributed by atoms with Gasteiger partial charge < -0.3 is 4.42 Å². The number of hydrogen-bond acceptors (Lipinski definition) is 5. The van der Waals surface area contributed by atoms with Gasteiger partial charge in [-0.3, -0.25) is 10.1 Å². The number of para-hydroxylation sites is 2. The first-order valence-corrected chi connectivity index (χ1v) is 13.2. The average Bonchev–Trinajstić information content (AvgIpc) is 3.68. The standard InChI is InChI=1S/C31H22N4O2S/c36-28(32-31-33-30-24-12-6-4-8-20(24)14-16-27(30)38-31)17-15-22-19-35(23-10-2-1-3-11-23)34-29(22)26-18-21-9-5-7-13-25(21)37-26/h1-13,15,17-19H,14,16H2,(H,32,33,36)/b17-15+. The molecule has 184 valence electrons. The van der Waals surface area contributed by atoms with Crippen molar-refractivity contribution in [1.29, 1.82) is 0 Å². The van der Waals surface area contributed by atoms with Crippen LogP contribution in [-0.2, 0) is 17.6 Å². The van der Waals surface area contributed by atoms with Crippen LogP contribution in [0.15, 0.2) is 102 Å². The number of nitrogens with one attached hydrogen (secondary N) is 1.